The topological polar surface area (TPSA) is 102 Å². The zero-order valence-corrected chi connectivity index (χ0v) is 16.9. The highest BCUT2D eigenvalue weighted by atomic mass is 19.4. The van der Waals surface area contributed by atoms with Crippen LogP contribution in [0.2, 0.25) is 0 Å². The Kier molecular flexibility index (Phi) is 4.36. The van der Waals surface area contributed by atoms with Crippen LogP contribution < -0.4 is 5.32 Å². The van der Waals surface area contributed by atoms with Crippen molar-refractivity contribution >= 4 is 11.7 Å². The summed E-state index contributed by atoms with van der Waals surface area (Å²) < 4.78 is 46.0. The number of aromatic nitrogens is 5. The van der Waals surface area contributed by atoms with E-state index >= 15 is 0 Å². The number of hydrogen-bond donors (Lipinski definition) is 1. The third-order valence-electron chi connectivity index (χ3n) is 5.80. The normalized spacial score (nSPS) is 22.6. The maximum absolute atomic E-state index is 13.5. The molecule has 2 saturated heterocycles. The van der Waals surface area contributed by atoms with Crippen molar-refractivity contribution in [2.45, 2.75) is 43.9 Å². The summed E-state index contributed by atoms with van der Waals surface area (Å²) in [6.07, 6.45) is -0.298. The molecule has 2 bridgehead atoms. The number of hydrogen-bond acceptors (Lipinski definition) is 6. The van der Waals surface area contributed by atoms with Crippen LogP contribution in [-0.4, -0.2) is 42.2 Å². The van der Waals surface area contributed by atoms with E-state index in [-0.39, 0.29) is 17.4 Å². The third kappa shape index (κ3) is 3.13. The number of alkyl halides is 3. The summed E-state index contributed by atoms with van der Waals surface area (Å²) in [5, 5.41) is 18.3. The molecule has 1 saturated carbocycles. The molecule has 1 aliphatic carbocycles. The number of benzene rings is 1. The minimum absolute atomic E-state index is 0.106. The molecule has 3 aliphatic rings. The van der Waals surface area contributed by atoms with Gasteiger partial charge in [0.1, 0.15) is 5.54 Å². The number of nitrogens with zero attached hydrogens (tertiary/aromatic N) is 6. The lowest BCUT2D eigenvalue weighted by molar-refractivity contribution is -0.137. The first-order valence-corrected chi connectivity index (χ1v) is 9.83. The van der Waals surface area contributed by atoms with Crippen LogP contribution in [0, 0.1) is 6.92 Å². The van der Waals surface area contributed by atoms with Crippen LogP contribution >= 0.6 is 0 Å². The molecule has 2 aromatic heterocycles. The van der Waals surface area contributed by atoms with Gasteiger partial charge in [-0.3, -0.25) is 0 Å². The first-order valence-electron chi connectivity index (χ1n) is 9.83. The minimum Gasteiger partial charge on any atom is -0.423 e. The number of aryl methyl sites for hydroxylation is 1. The average Bonchev–Trinajstić information content (AvgIpc) is 3.38. The number of fused-ring (bicyclic) bond motifs is 2. The van der Waals surface area contributed by atoms with Crippen molar-refractivity contribution in [2.75, 3.05) is 5.32 Å². The number of anilines is 1. The van der Waals surface area contributed by atoms with Crippen LogP contribution in [-0.2, 0) is 11.7 Å². The molecule has 0 spiro atoms. The summed E-state index contributed by atoms with van der Waals surface area (Å²) >= 11 is 0. The molecule has 166 valence electrons. The molecule has 9 nitrogen and oxygen atoms in total. The Hall–Kier alpha value is -3.70. The Morgan fingerprint density at radius 1 is 1.28 bits per heavy atom. The molecule has 2 amide bonds. The number of halogens is 3. The van der Waals surface area contributed by atoms with Crippen LogP contribution in [0.4, 0.5) is 23.7 Å². The number of rotatable bonds is 3. The molecule has 2 atom stereocenters. The fourth-order valence-electron chi connectivity index (χ4n) is 4.61. The summed E-state index contributed by atoms with van der Waals surface area (Å²) in [4.78, 5) is 15.7. The lowest BCUT2D eigenvalue weighted by Gasteiger charge is -2.60. The molecule has 2 unspecified atom stereocenters. The van der Waals surface area contributed by atoms with Gasteiger partial charge in [-0.05, 0) is 24.6 Å². The highest BCUT2D eigenvalue weighted by Crippen LogP contribution is 2.55. The molecule has 0 radical (unpaired) electrons. The summed E-state index contributed by atoms with van der Waals surface area (Å²) in [6, 6.07) is 2.71. The number of piperidine rings is 1. The van der Waals surface area contributed by atoms with E-state index in [9.17, 15) is 18.0 Å². The van der Waals surface area contributed by atoms with Crippen LogP contribution in [0.3, 0.4) is 0 Å². The zero-order chi connectivity index (χ0) is 22.7. The fourth-order valence-corrected chi connectivity index (χ4v) is 4.61. The molecule has 6 rings (SSSR count). The fraction of sp³-hybridized carbons (Fsp3) is 0.350. The van der Waals surface area contributed by atoms with Crippen LogP contribution in [0.15, 0.2) is 47.2 Å². The molecule has 2 aliphatic heterocycles. The Bertz CT molecular complexity index is 1200. The van der Waals surface area contributed by atoms with E-state index in [2.05, 4.69) is 32.3 Å². The second-order valence-electron chi connectivity index (χ2n) is 8.00. The quantitative estimate of drug-likeness (QED) is 0.615. The number of nitrogens with one attached hydrogen (secondary N) is 1. The van der Waals surface area contributed by atoms with E-state index in [4.69, 9.17) is 4.42 Å². The van der Waals surface area contributed by atoms with Crippen molar-refractivity contribution in [2.24, 2.45) is 0 Å². The lowest BCUT2D eigenvalue weighted by atomic mass is 9.66. The largest absolute Gasteiger partial charge is 0.423 e. The average molecular weight is 445 g/mol. The molecule has 4 heterocycles. The summed E-state index contributed by atoms with van der Waals surface area (Å²) in [7, 11) is 0. The van der Waals surface area contributed by atoms with Crippen LogP contribution in [0.1, 0.15) is 36.6 Å². The Morgan fingerprint density at radius 2 is 2.03 bits per heavy atom. The molecule has 3 fully saturated rings. The Morgan fingerprint density at radius 3 is 2.69 bits per heavy atom. The lowest BCUT2D eigenvalue weighted by Crippen LogP contribution is -2.69. The number of carbonyl (C=O) groups is 1. The molecule has 1 aromatic carbocycles. The highest BCUT2D eigenvalue weighted by molar-refractivity contribution is 5.91. The van der Waals surface area contributed by atoms with Gasteiger partial charge in [-0.2, -0.15) is 28.2 Å². The summed E-state index contributed by atoms with van der Waals surface area (Å²) in [6.45, 7) is 5.72. The van der Waals surface area contributed by atoms with Gasteiger partial charge in [0.25, 0.3) is 0 Å². The first-order chi connectivity index (χ1) is 15.2. The van der Waals surface area contributed by atoms with Crippen molar-refractivity contribution in [3.05, 3.63) is 60.1 Å². The van der Waals surface area contributed by atoms with E-state index in [0.29, 0.717) is 31.0 Å². The predicted molar refractivity (Wildman–Crippen MR) is 105 cm³/mol. The predicted octanol–water partition coefficient (Wildman–Crippen LogP) is 3.83. The zero-order valence-electron chi connectivity index (χ0n) is 16.9. The van der Waals surface area contributed by atoms with Crippen LogP contribution in [0.5, 0.6) is 0 Å². The van der Waals surface area contributed by atoms with Crippen molar-refractivity contribution in [1.29, 1.82) is 0 Å². The second-order valence-corrected chi connectivity index (χ2v) is 8.00. The van der Waals surface area contributed by atoms with Gasteiger partial charge in [0.15, 0.2) is 0 Å². The molecular formula is C20H18F3N7O2. The van der Waals surface area contributed by atoms with Gasteiger partial charge in [0.2, 0.25) is 11.8 Å². The maximum atomic E-state index is 13.5. The summed E-state index contributed by atoms with van der Waals surface area (Å²) in [5.74, 6) is 0.713. The standard InChI is InChI=1S/C20H18F3N7O2/c1-11-7-14-10-19(9-11,17-28-27-12(2)32-17)29(14)18(31)26-13-3-4-15(20(21,22)23)16(8-13)30-24-5-6-25-30/h3-6,8,14H,1,7,9-10H2,2H3,(H,26,31). The second kappa shape index (κ2) is 6.90. The molecule has 32 heavy (non-hydrogen) atoms. The SMILES string of the molecule is C=C1CC2CC(c3nnc(C)o3)(C1)N2C(=O)Nc1ccc(C(F)(F)F)c(-n2nccn2)c1. The van der Waals surface area contributed by atoms with E-state index < -0.39 is 23.3 Å². The molecule has 3 aromatic rings. The van der Waals surface area contributed by atoms with Crippen molar-refractivity contribution in [3.8, 4) is 5.69 Å². The number of carbonyl (C=O) groups excluding carboxylic acids is 1. The third-order valence-corrected chi connectivity index (χ3v) is 5.80. The van der Waals surface area contributed by atoms with Crippen molar-refractivity contribution in [1.82, 2.24) is 30.1 Å². The van der Waals surface area contributed by atoms with Gasteiger partial charge in [-0.15, -0.1) is 10.2 Å². The smallest absolute Gasteiger partial charge is 0.418 e. The molecular weight excluding hydrogens is 427 g/mol. The van der Waals surface area contributed by atoms with Gasteiger partial charge in [0.05, 0.1) is 23.6 Å². The van der Waals surface area contributed by atoms with Gasteiger partial charge in [-0.1, -0.05) is 12.2 Å². The van der Waals surface area contributed by atoms with E-state index in [1.807, 2.05) is 0 Å². The summed E-state index contributed by atoms with van der Waals surface area (Å²) in [5.41, 5.74) is -0.857. The Balaban J connectivity index is 1.46. The molecule has 12 heteroatoms. The maximum Gasteiger partial charge on any atom is 0.418 e. The van der Waals surface area contributed by atoms with Crippen LogP contribution in [0.25, 0.3) is 5.69 Å². The van der Waals surface area contributed by atoms with E-state index in [0.717, 1.165) is 16.4 Å². The Labute approximate surface area is 179 Å². The first kappa shape index (κ1) is 20.2. The van der Waals surface area contributed by atoms with Gasteiger partial charge >= 0.3 is 12.2 Å². The highest BCUT2D eigenvalue weighted by Gasteiger charge is 2.61. The van der Waals surface area contributed by atoms with Crippen molar-refractivity contribution in [3.63, 3.8) is 0 Å². The van der Waals surface area contributed by atoms with Gasteiger partial charge in [0, 0.05) is 31.5 Å². The monoisotopic (exact) mass is 445 g/mol. The number of amides is 2. The van der Waals surface area contributed by atoms with Crippen molar-refractivity contribution < 1.29 is 22.4 Å². The number of urea groups is 1. The minimum atomic E-state index is -4.61. The van der Waals surface area contributed by atoms with E-state index in [1.165, 1.54) is 24.5 Å². The molecule has 1 N–H and O–H groups in total. The van der Waals surface area contributed by atoms with Gasteiger partial charge in [-0.25, -0.2) is 4.79 Å². The van der Waals surface area contributed by atoms with Gasteiger partial charge < -0.3 is 14.6 Å². The van der Waals surface area contributed by atoms with E-state index in [1.54, 1.807) is 11.8 Å².